The zero-order chi connectivity index (χ0) is 21.2. The Bertz CT molecular complexity index is 840. The average molecular weight is 410 g/mol. The average Bonchev–Trinajstić information content (AvgIpc) is 3.13. The fourth-order valence-electron chi connectivity index (χ4n) is 3.55. The minimum atomic E-state index is 0.237. The van der Waals surface area contributed by atoms with Crippen LogP contribution in [0.3, 0.4) is 0 Å². The molecule has 1 aliphatic rings. The molecule has 1 atom stereocenters. The van der Waals surface area contributed by atoms with Gasteiger partial charge >= 0.3 is 0 Å². The normalized spacial score (nSPS) is 16.6. The Labute approximate surface area is 178 Å². The Morgan fingerprint density at radius 3 is 2.83 bits per heavy atom. The van der Waals surface area contributed by atoms with Crippen LogP contribution in [0.4, 0.5) is 0 Å². The van der Waals surface area contributed by atoms with Gasteiger partial charge in [0.2, 0.25) is 11.8 Å². The molecule has 1 aromatic carbocycles. The van der Waals surface area contributed by atoms with E-state index in [1.165, 1.54) is 5.56 Å². The summed E-state index contributed by atoms with van der Waals surface area (Å²) in [4.78, 5) is 22.8. The van der Waals surface area contributed by atoms with Crippen LogP contribution in [-0.2, 0) is 17.8 Å². The highest BCUT2D eigenvalue weighted by Gasteiger charge is 2.29. The molecule has 0 saturated carbocycles. The van der Waals surface area contributed by atoms with E-state index in [1.54, 1.807) is 13.2 Å². The van der Waals surface area contributed by atoms with Crippen LogP contribution in [-0.4, -0.2) is 55.0 Å². The standard InChI is InChI=1S/C23H31N5O2/c1-3-30-21-13-19(9-11-25-21)15-26-23(24-2)27-16-20-14-22(29)28(17-20)12-10-18-7-5-4-6-8-18/h4-9,11,13,20H,3,10,12,14-17H2,1-2H3,(H2,24,26,27). The lowest BCUT2D eigenvalue weighted by molar-refractivity contribution is -0.127. The van der Waals surface area contributed by atoms with Crippen LogP contribution in [0.1, 0.15) is 24.5 Å². The molecular formula is C23H31N5O2. The number of rotatable bonds is 9. The molecule has 1 fully saturated rings. The highest BCUT2D eigenvalue weighted by Crippen LogP contribution is 2.17. The Morgan fingerprint density at radius 2 is 2.07 bits per heavy atom. The highest BCUT2D eigenvalue weighted by atomic mass is 16.5. The van der Waals surface area contributed by atoms with Gasteiger partial charge in [-0.15, -0.1) is 0 Å². The number of guanidine groups is 1. The Morgan fingerprint density at radius 1 is 1.23 bits per heavy atom. The number of hydrogen-bond donors (Lipinski definition) is 2. The van der Waals surface area contributed by atoms with Crippen molar-refractivity contribution in [3.63, 3.8) is 0 Å². The zero-order valence-electron chi connectivity index (χ0n) is 17.8. The van der Waals surface area contributed by atoms with Crippen molar-refractivity contribution in [1.82, 2.24) is 20.5 Å². The molecule has 7 heteroatoms. The number of likely N-dealkylation sites (tertiary alicyclic amines) is 1. The Kier molecular flexibility index (Phi) is 8.06. The van der Waals surface area contributed by atoms with E-state index in [0.717, 1.165) is 31.0 Å². The van der Waals surface area contributed by atoms with Gasteiger partial charge in [-0.2, -0.15) is 0 Å². The molecule has 1 saturated heterocycles. The molecule has 0 spiro atoms. The lowest BCUT2D eigenvalue weighted by Crippen LogP contribution is -2.40. The summed E-state index contributed by atoms with van der Waals surface area (Å²) in [7, 11) is 1.75. The molecule has 0 radical (unpaired) electrons. The maximum atomic E-state index is 12.4. The first-order valence-electron chi connectivity index (χ1n) is 10.5. The molecule has 1 unspecified atom stereocenters. The molecule has 3 rings (SSSR count). The first-order chi connectivity index (χ1) is 14.7. The maximum absolute atomic E-state index is 12.4. The van der Waals surface area contributed by atoms with Crippen LogP contribution in [0.2, 0.25) is 0 Å². The van der Waals surface area contributed by atoms with Crippen molar-refractivity contribution in [2.24, 2.45) is 10.9 Å². The summed E-state index contributed by atoms with van der Waals surface area (Å²) in [5.74, 6) is 1.87. The molecule has 0 bridgehead atoms. The van der Waals surface area contributed by atoms with Crippen molar-refractivity contribution in [2.75, 3.05) is 33.3 Å². The summed E-state index contributed by atoms with van der Waals surface area (Å²) in [6, 6.07) is 14.2. The van der Waals surface area contributed by atoms with Gasteiger partial charge in [-0.1, -0.05) is 30.3 Å². The number of nitrogens with one attached hydrogen (secondary N) is 2. The second kappa shape index (κ2) is 11.2. The summed E-state index contributed by atoms with van der Waals surface area (Å²) in [6.07, 6.45) is 3.22. The third-order valence-corrected chi connectivity index (χ3v) is 5.14. The van der Waals surface area contributed by atoms with Gasteiger partial charge in [-0.25, -0.2) is 4.98 Å². The van der Waals surface area contributed by atoms with Gasteiger partial charge in [-0.3, -0.25) is 9.79 Å². The van der Waals surface area contributed by atoms with Crippen LogP contribution < -0.4 is 15.4 Å². The van der Waals surface area contributed by atoms with E-state index in [0.29, 0.717) is 32.0 Å². The summed E-state index contributed by atoms with van der Waals surface area (Å²) in [5, 5.41) is 6.65. The number of aliphatic imine (C=N–C) groups is 1. The highest BCUT2D eigenvalue weighted by molar-refractivity contribution is 5.80. The molecule has 160 valence electrons. The SMILES string of the molecule is CCOc1cc(CNC(=NC)NCC2CC(=O)N(CCc3ccccc3)C2)ccn1. The molecule has 7 nitrogen and oxygen atoms in total. The smallest absolute Gasteiger partial charge is 0.223 e. The molecule has 2 aromatic rings. The summed E-state index contributed by atoms with van der Waals surface area (Å²) >= 11 is 0. The third-order valence-electron chi connectivity index (χ3n) is 5.14. The van der Waals surface area contributed by atoms with Crippen molar-refractivity contribution < 1.29 is 9.53 Å². The van der Waals surface area contributed by atoms with E-state index in [1.807, 2.05) is 42.2 Å². The van der Waals surface area contributed by atoms with Crippen molar-refractivity contribution >= 4 is 11.9 Å². The van der Waals surface area contributed by atoms with E-state index in [4.69, 9.17) is 4.74 Å². The first kappa shape index (κ1) is 21.6. The second-order valence-corrected chi connectivity index (χ2v) is 7.39. The quantitative estimate of drug-likeness (QED) is 0.491. The van der Waals surface area contributed by atoms with Gasteiger partial charge in [0.05, 0.1) is 6.61 Å². The minimum absolute atomic E-state index is 0.237. The van der Waals surface area contributed by atoms with E-state index in [2.05, 4.69) is 32.7 Å². The van der Waals surface area contributed by atoms with Gasteiger partial charge in [0.15, 0.2) is 5.96 Å². The van der Waals surface area contributed by atoms with Gasteiger partial charge in [0, 0.05) is 57.8 Å². The fraction of sp³-hybridized carbons (Fsp3) is 0.435. The third kappa shape index (κ3) is 6.47. The number of nitrogens with zero attached hydrogens (tertiary/aromatic N) is 3. The Balaban J connectivity index is 1.41. The first-order valence-corrected chi connectivity index (χ1v) is 10.5. The molecule has 2 N–H and O–H groups in total. The monoisotopic (exact) mass is 409 g/mol. The number of ether oxygens (including phenoxy) is 1. The van der Waals surface area contributed by atoms with Crippen LogP contribution in [0.25, 0.3) is 0 Å². The minimum Gasteiger partial charge on any atom is -0.478 e. The van der Waals surface area contributed by atoms with Crippen LogP contribution >= 0.6 is 0 Å². The lowest BCUT2D eigenvalue weighted by Gasteiger charge is -2.18. The Hall–Kier alpha value is -3.09. The number of amides is 1. The zero-order valence-corrected chi connectivity index (χ0v) is 17.8. The van der Waals surface area contributed by atoms with Gasteiger partial charge < -0.3 is 20.3 Å². The number of pyridine rings is 1. The molecule has 1 aromatic heterocycles. The number of aromatic nitrogens is 1. The summed E-state index contributed by atoms with van der Waals surface area (Å²) in [5.41, 5.74) is 2.33. The predicted octanol–water partition coefficient (Wildman–Crippen LogP) is 2.24. The van der Waals surface area contributed by atoms with Crippen molar-refractivity contribution in [3.05, 3.63) is 59.8 Å². The van der Waals surface area contributed by atoms with Crippen LogP contribution in [0.5, 0.6) is 5.88 Å². The van der Waals surface area contributed by atoms with Crippen molar-refractivity contribution in [3.8, 4) is 5.88 Å². The fourth-order valence-corrected chi connectivity index (χ4v) is 3.55. The van der Waals surface area contributed by atoms with E-state index < -0.39 is 0 Å². The predicted molar refractivity (Wildman–Crippen MR) is 118 cm³/mol. The van der Waals surface area contributed by atoms with E-state index in [9.17, 15) is 4.79 Å². The van der Waals surface area contributed by atoms with Gasteiger partial charge in [0.25, 0.3) is 0 Å². The number of carbonyl (C=O) groups is 1. The number of benzene rings is 1. The number of hydrogen-bond acceptors (Lipinski definition) is 4. The van der Waals surface area contributed by atoms with Crippen molar-refractivity contribution in [2.45, 2.75) is 26.3 Å². The van der Waals surface area contributed by atoms with E-state index >= 15 is 0 Å². The van der Waals surface area contributed by atoms with Gasteiger partial charge in [-0.05, 0) is 30.5 Å². The van der Waals surface area contributed by atoms with E-state index in [-0.39, 0.29) is 11.8 Å². The number of carbonyl (C=O) groups excluding carboxylic acids is 1. The van der Waals surface area contributed by atoms with Crippen molar-refractivity contribution in [1.29, 1.82) is 0 Å². The molecule has 2 heterocycles. The van der Waals surface area contributed by atoms with Crippen LogP contribution in [0.15, 0.2) is 53.7 Å². The van der Waals surface area contributed by atoms with Crippen LogP contribution in [0, 0.1) is 5.92 Å². The molecule has 1 amide bonds. The lowest BCUT2D eigenvalue weighted by atomic mass is 10.1. The molecule has 30 heavy (non-hydrogen) atoms. The summed E-state index contributed by atoms with van der Waals surface area (Å²) < 4.78 is 5.44. The largest absolute Gasteiger partial charge is 0.478 e. The topological polar surface area (TPSA) is 78.8 Å². The van der Waals surface area contributed by atoms with Gasteiger partial charge in [0.1, 0.15) is 0 Å². The second-order valence-electron chi connectivity index (χ2n) is 7.39. The molecule has 1 aliphatic heterocycles. The maximum Gasteiger partial charge on any atom is 0.223 e. The molecular weight excluding hydrogens is 378 g/mol. The summed E-state index contributed by atoms with van der Waals surface area (Å²) in [6.45, 7) is 5.43. The molecule has 0 aliphatic carbocycles.